The number of hydrogen-bond acceptors (Lipinski definition) is 7. The first-order valence-electron chi connectivity index (χ1n) is 13.1. The molecule has 12 heteroatoms. The normalized spacial score (nSPS) is 13.2. The molecule has 3 atom stereocenters. The van der Waals surface area contributed by atoms with Gasteiger partial charge in [0.1, 0.15) is 17.8 Å². The number of carbonyl (C=O) groups excluding carboxylic acids is 3. The lowest BCUT2D eigenvalue weighted by Crippen LogP contribution is -2.54. The molecule has 0 aliphatic carbocycles. The van der Waals surface area contributed by atoms with E-state index in [0.717, 1.165) is 16.5 Å². The van der Waals surface area contributed by atoms with Gasteiger partial charge in [-0.3, -0.25) is 14.4 Å². The highest BCUT2D eigenvalue weighted by Gasteiger charge is 2.26. The number of phenolic OH excluding ortho intramolecular Hbond substituents is 1. The average molecular weight is 553 g/mol. The summed E-state index contributed by atoms with van der Waals surface area (Å²) in [6.45, 7) is -0.0707. The average Bonchev–Trinajstić information content (AvgIpc) is 3.34. The van der Waals surface area contributed by atoms with E-state index in [2.05, 4.69) is 20.9 Å². The van der Waals surface area contributed by atoms with Crippen LogP contribution in [0, 0.1) is 0 Å². The number of para-hydroxylation sites is 1. The maximum Gasteiger partial charge on any atom is 0.326 e. The fourth-order valence-corrected chi connectivity index (χ4v) is 4.27. The summed E-state index contributed by atoms with van der Waals surface area (Å²) >= 11 is 0. The van der Waals surface area contributed by atoms with Crippen molar-refractivity contribution in [3.8, 4) is 5.75 Å². The molecule has 0 bridgehead atoms. The number of aliphatic carboxylic acids is 1. The quantitative estimate of drug-likeness (QED) is 0.122. The Bertz CT molecular complexity index is 1310. The number of aromatic amines is 1. The SMILES string of the molecule is NCCCCC(NC(=O)CNC(=O)C(Cc1ccc(O)cc1)NC(=O)C(N)Cc1c[nH]c2ccccc12)C(=O)O. The van der Waals surface area contributed by atoms with E-state index in [1.807, 2.05) is 24.3 Å². The smallest absolute Gasteiger partial charge is 0.326 e. The Morgan fingerprint density at radius 2 is 1.62 bits per heavy atom. The zero-order valence-electron chi connectivity index (χ0n) is 22.1. The highest BCUT2D eigenvalue weighted by atomic mass is 16.4. The molecule has 0 radical (unpaired) electrons. The zero-order chi connectivity index (χ0) is 29.1. The van der Waals surface area contributed by atoms with Crippen LogP contribution in [0.25, 0.3) is 10.9 Å². The second kappa shape index (κ2) is 14.7. The number of amides is 3. The number of benzene rings is 2. The minimum atomic E-state index is -1.18. The van der Waals surface area contributed by atoms with Crippen molar-refractivity contribution in [2.75, 3.05) is 13.1 Å². The minimum Gasteiger partial charge on any atom is -0.508 e. The van der Waals surface area contributed by atoms with Gasteiger partial charge in [-0.05, 0) is 61.6 Å². The van der Waals surface area contributed by atoms with Crippen LogP contribution in [0.15, 0.2) is 54.7 Å². The van der Waals surface area contributed by atoms with Crippen molar-refractivity contribution in [3.63, 3.8) is 0 Å². The molecule has 0 spiro atoms. The predicted octanol–water partition coefficient (Wildman–Crippen LogP) is 0.285. The standard InChI is InChI=1S/C28H36N6O6/c29-12-4-3-7-23(28(39)40)33-25(36)16-32-27(38)24(13-17-8-10-19(35)11-9-17)34-26(37)21(30)14-18-15-31-22-6-2-1-5-20(18)22/h1-2,5-6,8-11,15,21,23-24,31,35H,3-4,7,12-14,16,29-30H2,(H,32,38)(H,33,36)(H,34,37)(H,39,40). The van der Waals surface area contributed by atoms with Crippen molar-refractivity contribution in [3.05, 3.63) is 65.9 Å². The van der Waals surface area contributed by atoms with E-state index >= 15 is 0 Å². The van der Waals surface area contributed by atoms with Crippen LogP contribution in [0.5, 0.6) is 5.75 Å². The number of nitrogens with one attached hydrogen (secondary N) is 4. The van der Waals surface area contributed by atoms with Crippen LogP contribution in [-0.2, 0) is 32.0 Å². The second-order valence-corrected chi connectivity index (χ2v) is 9.56. The van der Waals surface area contributed by atoms with Gasteiger partial charge in [0.25, 0.3) is 0 Å². The molecule has 214 valence electrons. The van der Waals surface area contributed by atoms with Crippen molar-refractivity contribution < 1.29 is 29.4 Å². The molecule has 2 aromatic carbocycles. The van der Waals surface area contributed by atoms with Crippen LogP contribution in [0.1, 0.15) is 30.4 Å². The number of H-pyrrole nitrogens is 1. The topological polar surface area (TPSA) is 213 Å². The highest BCUT2D eigenvalue weighted by molar-refractivity contribution is 5.93. The van der Waals surface area contributed by atoms with Crippen LogP contribution in [0.4, 0.5) is 0 Å². The molecular weight excluding hydrogens is 516 g/mol. The lowest BCUT2D eigenvalue weighted by atomic mass is 10.0. The summed E-state index contributed by atoms with van der Waals surface area (Å²) in [5.41, 5.74) is 14.1. The maximum absolute atomic E-state index is 13.1. The number of rotatable bonds is 15. The predicted molar refractivity (Wildman–Crippen MR) is 149 cm³/mol. The first kappa shape index (κ1) is 30.1. The monoisotopic (exact) mass is 552 g/mol. The Morgan fingerprint density at radius 3 is 2.33 bits per heavy atom. The van der Waals surface area contributed by atoms with E-state index in [1.54, 1.807) is 18.3 Å². The lowest BCUT2D eigenvalue weighted by molar-refractivity contribution is -0.142. The van der Waals surface area contributed by atoms with Gasteiger partial charge in [0.15, 0.2) is 0 Å². The lowest BCUT2D eigenvalue weighted by Gasteiger charge is -2.21. The third kappa shape index (κ3) is 8.82. The Kier molecular flexibility index (Phi) is 11.0. The Labute approximate surface area is 231 Å². The third-order valence-electron chi connectivity index (χ3n) is 6.46. The molecule has 0 aliphatic rings. The first-order valence-corrected chi connectivity index (χ1v) is 13.1. The summed E-state index contributed by atoms with van der Waals surface area (Å²) in [6.07, 6.45) is 3.44. The van der Waals surface area contributed by atoms with Crippen LogP contribution in [0.2, 0.25) is 0 Å². The summed E-state index contributed by atoms with van der Waals surface area (Å²) in [5, 5.41) is 27.4. The largest absolute Gasteiger partial charge is 0.508 e. The van der Waals surface area contributed by atoms with Gasteiger partial charge in [-0.25, -0.2) is 4.79 Å². The van der Waals surface area contributed by atoms with E-state index < -0.39 is 48.4 Å². The summed E-state index contributed by atoms with van der Waals surface area (Å²) < 4.78 is 0. The number of unbranched alkanes of at least 4 members (excludes halogenated alkanes) is 1. The number of aromatic hydroxyl groups is 1. The summed E-state index contributed by atoms with van der Waals surface area (Å²) in [4.78, 5) is 53.1. The van der Waals surface area contributed by atoms with Gasteiger partial charge >= 0.3 is 5.97 Å². The molecule has 40 heavy (non-hydrogen) atoms. The third-order valence-corrected chi connectivity index (χ3v) is 6.46. The number of hydrogen-bond donors (Lipinski definition) is 8. The Morgan fingerprint density at radius 1 is 0.900 bits per heavy atom. The molecule has 1 aromatic heterocycles. The van der Waals surface area contributed by atoms with E-state index in [9.17, 15) is 29.4 Å². The van der Waals surface area contributed by atoms with Crippen molar-refractivity contribution >= 4 is 34.6 Å². The molecule has 12 nitrogen and oxygen atoms in total. The molecule has 10 N–H and O–H groups in total. The van der Waals surface area contributed by atoms with Gasteiger partial charge in [0.2, 0.25) is 17.7 Å². The molecule has 0 aliphatic heterocycles. The van der Waals surface area contributed by atoms with Gasteiger partial charge in [-0.1, -0.05) is 30.3 Å². The van der Waals surface area contributed by atoms with Gasteiger partial charge in [0, 0.05) is 23.5 Å². The molecule has 3 unspecified atom stereocenters. The van der Waals surface area contributed by atoms with Gasteiger partial charge in [-0.2, -0.15) is 0 Å². The molecule has 3 aromatic rings. The van der Waals surface area contributed by atoms with Gasteiger partial charge < -0.3 is 42.6 Å². The van der Waals surface area contributed by atoms with Crippen molar-refractivity contribution in [1.82, 2.24) is 20.9 Å². The number of phenols is 1. The first-order chi connectivity index (χ1) is 19.2. The fraction of sp³-hybridized carbons (Fsp3) is 0.357. The number of carboxylic acids is 1. The summed E-state index contributed by atoms with van der Waals surface area (Å²) in [6, 6.07) is 10.6. The molecule has 0 saturated heterocycles. The van der Waals surface area contributed by atoms with E-state index in [0.29, 0.717) is 24.9 Å². The van der Waals surface area contributed by atoms with Gasteiger partial charge in [0.05, 0.1) is 12.6 Å². The van der Waals surface area contributed by atoms with Crippen LogP contribution in [-0.4, -0.2) is 70.1 Å². The van der Waals surface area contributed by atoms with Crippen LogP contribution < -0.4 is 27.4 Å². The second-order valence-electron chi connectivity index (χ2n) is 9.56. The summed E-state index contributed by atoms with van der Waals surface area (Å²) in [5.74, 6) is -3.02. The fourth-order valence-electron chi connectivity index (χ4n) is 4.27. The van der Waals surface area contributed by atoms with E-state index in [4.69, 9.17) is 11.5 Å². The number of carbonyl (C=O) groups is 4. The van der Waals surface area contributed by atoms with E-state index in [1.165, 1.54) is 12.1 Å². The number of fused-ring (bicyclic) bond motifs is 1. The van der Waals surface area contributed by atoms with Crippen molar-refractivity contribution in [2.45, 2.75) is 50.2 Å². The number of carboxylic acid groups (broad SMARTS) is 1. The minimum absolute atomic E-state index is 0.0469. The Hall–Kier alpha value is -4.42. The molecule has 0 fully saturated rings. The van der Waals surface area contributed by atoms with Crippen molar-refractivity contribution in [2.24, 2.45) is 11.5 Å². The molecule has 1 heterocycles. The zero-order valence-corrected chi connectivity index (χ0v) is 22.1. The maximum atomic E-state index is 13.1. The Balaban J connectivity index is 1.64. The molecule has 3 amide bonds. The van der Waals surface area contributed by atoms with Crippen LogP contribution in [0.3, 0.4) is 0 Å². The summed E-state index contributed by atoms with van der Waals surface area (Å²) in [7, 11) is 0. The molecule has 3 rings (SSSR count). The number of aromatic nitrogens is 1. The van der Waals surface area contributed by atoms with Crippen molar-refractivity contribution in [1.29, 1.82) is 0 Å². The molecular formula is C28H36N6O6. The van der Waals surface area contributed by atoms with Crippen LogP contribution >= 0.6 is 0 Å². The van der Waals surface area contributed by atoms with E-state index in [-0.39, 0.29) is 25.0 Å². The molecule has 0 saturated carbocycles. The highest BCUT2D eigenvalue weighted by Crippen LogP contribution is 2.19. The number of nitrogens with two attached hydrogens (primary N) is 2. The van der Waals surface area contributed by atoms with Gasteiger partial charge in [-0.15, -0.1) is 0 Å².